The molecule has 0 spiro atoms. The van der Waals surface area contributed by atoms with E-state index in [4.69, 9.17) is 4.65 Å². The molecule has 0 radical (unpaired) electrons. The van der Waals surface area contributed by atoms with Crippen molar-refractivity contribution in [3.05, 3.63) is 46.3 Å². The summed E-state index contributed by atoms with van der Waals surface area (Å²) in [5, 5.41) is 18.6. The van der Waals surface area contributed by atoms with Crippen molar-refractivity contribution in [3.8, 4) is 5.75 Å². The second-order valence-electron chi connectivity index (χ2n) is 7.25. The predicted molar refractivity (Wildman–Crippen MR) is 103 cm³/mol. The number of hydrogen-bond donors (Lipinski definition) is 2. The molecule has 0 saturated carbocycles. The zero-order chi connectivity index (χ0) is 19.8. The number of benzene rings is 1. The normalized spacial score (nSPS) is 25.0. The fourth-order valence-electron chi connectivity index (χ4n) is 3.95. The summed E-state index contributed by atoms with van der Waals surface area (Å²) >= 11 is 0. The van der Waals surface area contributed by atoms with Gasteiger partial charge in [-0.3, -0.25) is 0 Å². The van der Waals surface area contributed by atoms with Gasteiger partial charge in [0.2, 0.25) is 0 Å². The Morgan fingerprint density at radius 3 is 2.85 bits per heavy atom. The highest BCUT2D eigenvalue weighted by atomic mass is 32.2. The predicted octanol–water partition coefficient (Wildman–Crippen LogP) is 3.10. The maximum atomic E-state index is 13.5. The lowest BCUT2D eigenvalue weighted by atomic mass is 9.74. The van der Waals surface area contributed by atoms with Crippen LogP contribution >= 0.6 is 0 Å². The van der Waals surface area contributed by atoms with Gasteiger partial charge in [-0.05, 0) is 49.5 Å². The second-order valence-corrected chi connectivity index (χ2v) is 9.44. The zero-order valence-electron chi connectivity index (χ0n) is 15.5. The van der Waals surface area contributed by atoms with Crippen LogP contribution in [0.2, 0.25) is 6.32 Å². The second kappa shape index (κ2) is 7.77. The summed E-state index contributed by atoms with van der Waals surface area (Å²) in [5.41, 5.74) is 3.33. The SMILES string of the molecule is CC/C(=C\c1ccc(O)c(F)c1)CC[C@H]1OB(O)C[C@H]2C1=C(C)CS2(=O)=O. The molecule has 2 N–H and O–H groups in total. The van der Waals surface area contributed by atoms with E-state index in [2.05, 4.69) is 0 Å². The monoisotopic (exact) mass is 394 g/mol. The van der Waals surface area contributed by atoms with Gasteiger partial charge in [0.05, 0.1) is 17.1 Å². The van der Waals surface area contributed by atoms with Crippen LogP contribution in [0, 0.1) is 5.82 Å². The van der Waals surface area contributed by atoms with E-state index in [9.17, 15) is 22.9 Å². The minimum Gasteiger partial charge on any atom is -0.505 e. The average Bonchev–Trinajstić information content (AvgIpc) is 2.83. The molecule has 5 nitrogen and oxygen atoms in total. The van der Waals surface area contributed by atoms with Crippen LogP contribution in [0.25, 0.3) is 6.08 Å². The number of fused-ring (bicyclic) bond motifs is 1. The first-order valence-corrected chi connectivity index (χ1v) is 10.9. The summed E-state index contributed by atoms with van der Waals surface area (Å²) in [7, 11) is -4.34. The van der Waals surface area contributed by atoms with Gasteiger partial charge >= 0.3 is 7.12 Å². The molecule has 2 heterocycles. The van der Waals surface area contributed by atoms with Gasteiger partial charge in [0.1, 0.15) is 0 Å². The van der Waals surface area contributed by atoms with Crippen LogP contribution < -0.4 is 0 Å². The summed E-state index contributed by atoms with van der Waals surface area (Å²) in [6.45, 7) is 3.81. The first kappa shape index (κ1) is 20.1. The highest BCUT2D eigenvalue weighted by Gasteiger charge is 2.47. The van der Waals surface area contributed by atoms with Gasteiger partial charge in [-0.1, -0.05) is 30.2 Å². The summed E-state index contributed by atoms with van der Waals surface area (Å²) in [5.74, 6) is -1.02. The molecule has 3 rings (SSSR count). The fraction of sp³-hybridized carbons (Fsp3) is 0.474. The van der Waals surface area contributed by atoms with Gasteiger partial charge in [-0.2, -0.15) is 0 Å². The molecule has 27 heavy (non-hydrogen) atoms. The van der Waals surface area contributed by atoms with Gasteiger partial charge in [-0.15, -0.1) is 0 Å². The Hall–Kier alpha value is -1.64. The summed E-state index contributed by atoms with van der Waals surface area (Å²) in [4.78, 5) is 0. The number of halogens is 1. The molecule has 0 aliphatic carbocycles. The zero-order valence-corrected chi connectivity index (χ0v) is 16.3. The number of rotatable bonds is 5. The summed E-state index contributed by atoms with van der Waals surface area (Å²) in [6, 6.07) is 4.23. The van der Waals surface area contributed by atoms with Crippen molar-refractivity contribution in [3.63, 3.8) is 0 Å². The minimum atomic E-state index is -3.26. The quantitative estimate of drug-likeness (QED) is 0.592. The lowest BCUT2D eigenvalue weighted by molar-refractivity contribution is 0.170. The van der Waals surface area contributed by atoms with Crippen LogP contribution in [0.15, 0.2) is 34.9 Å². The summed E-state index contributed by atoms with van der Waals surface area (Å²) in [6.07, 6.45) is 3.47. The van der Waals surface area contributed by atoms with Crippen LogP contribution in [0.5, 0.6) is 5.75 Å². The molecule has 1 fully saturated rings. The Morgan fingerprint density at radius 2 is 2.19 bits per heavy atom. The molecule has 1 saturated heterocycles. The van der Waals surface area contributed by atoms with Gasteiger partial charge in [0.15, 0.2) is 21.4 Å². The molecule has 0 unspecified atom stereocenters. The molecule has 0 aromatic heterocycles. The van der Waals surface area contributed by atoms with E-state index < -0.39 is 34.1 Å². The van der Waals surface area contributed by atoms with E-state index in [1.54, 1.807) is 6.07 Å². The van der Waals surface area contributed by atoms with Crippen LogP contribution in [-0.4, -0.2) is 42.8 Å². The third-order valence-electron chi connectivity index (χ3n) is 5.30. The standard InChI is InChI=1S/C19H24BFO5S/c1-3-13(8-14-4-6-16(22)15(21)9-14)5-7-17-19-12(2)11-27(24,25)18(19)10-20(23)26-17/h4,6,8-9,17-18,22-23H,3,5,7,10-11H2,1-2H3/b13-8+/t17-,18+/m1/s1. The number of aromatic hydroxyl groups is 1. The highest BCUT2D eigenvalue weighted by Crippen LogP contribution is 2.39. The Bertz CT molecular complexity index is 893. The maximum absolute atomic E-state index is 13.5. The van der Waals surface area contributed by atoms with E-state index in [-0.39, 0.29) is 17.8 Å². The Balaban J connectivity index is 1.76. The number of phenols is 1. The van der Waals surface area contributed by atoms with Gasteiger partial charge in [-0.25, -0.2) is 12.8 Å². The van der Waals surface area contributed by atoms with Crippen molar-refractivity contribution >= 4 is 23.0 Å². The van der Waals surface area contributed by atoms with Crippen molar-refractivity contribution in [1.29, 1.82) is 0 Å². The van der Waals surface area contributed by atoms with Crippen LogP contribution in [-0.2, 0) is 14.5 Å². The molecule has 146 valence electrons. The molecular weight excluding hydrogens is 370 g/mol. The van der Waals surface area contributed by atoms with Gasteiger partial charge in [0, 0.05) is 6.32 Å². The van der Waals surface area contributed by atoms with E-state index in [1.165, 1.54) is 12.1 Å². The number of sulfone groups is 1. The van der Waals surface area contributed by atoms with Gasteiger partial charge in [0.25, 0.3) is 0 Å². The largest absolute Gasteiger partial charge is 0.505 e. The lowest BCUT2D eigenvalue weighted by Gasteiger charge is -2.31. The molecule has 8 heteroatoms. The molecule has 0 bridgehead atoms. The van der Waals surface area contributed by atoms with E-state index in [1.807, 2.05) is 19.9 Å². The van der Waals surface area contributed by atoms with Crippen molar-refractivity contribution in [2.24, 2.45) is 0 Å². The minimum absolute atomic E-state index is 0.0306. The molecule has 0 amide bonds. The van der Waals surface area contributed by atoms with Crippen LogP contribution in [0.1, 0.15) is 38.7 Å². The topological polar surface area (TPSA) is 83.8 Å². The van der Waals surface area contributed by atoms with Crippen molar-refractivity contribution < 1.29 is 27.6 Å². The molecule has 2 atom stereocenters. The van der Waals surface area contributed by atoms with Crippen LogP contribution in [0.4, 0.5) is 4.39 Å². The smallest absolute Gasteiger partial charge is 0.456 e. The van der Waals surface area contributed by atoms with E-state index in [0.29, 0.717) is 18.4 Å². The van der Waals surface area contributed by atoms with E-state index >= 15 is 0 Å². The molecular formula is C19H24BFO5S. The molecule has 1 aromatic rings. The van der Waals surface area contributed by atoms with Gasteiger partial charge < -0.3 is 14.8 Å². The molecule has 2 aliphatic rings. The number of allylic oxidation sites excluding steroid dienone is 1. The Labute approximate surface area is 159 Å². The highest BCUT2D eigenvalue weighted by molar-refractivity contribution is 7.92. The average molecular weight is 394 g/mol. The first-order chi connectivity index (χ1) is 12.7. The van der Waals surface area contributed by atoms with Crippen LogP contribution in [0.3, 0.4) is 0 Å². The lowest BCUT2D eigenvalue weighted by Crippen LogP contribution is -2.41. The fourth-order valence-corrected chi connectivity index (χ4v) is 6.12. The third kappa shape index (κ3) is 4.28. The van der Waals surface area contributed by atoms with Crippen molar-refractivity contribution in [2.45, 2.75) is 50.8 Å². The van der Waals surface area contributed by atoms with Crippen molar-refractivity contribution in [2.75, 3.05) is 5.75 Å². The third-order valence-corrected chi connectivity index (χ3v) is 7.45. The van der Waals surface area contributed by atoms with Crippen molar-refractivity contribution in [1.82, 2.24) is 0 Å². The summed E-state index contributed by atoms with van der Waals surface area (Å²) < 4.78 is 43.8. The Morgan fingerprint density at radius 1 is 1.44 bits per heavy atom. The number of phenolic OH excluding ortho intramolecular Hbond substituents is 1. The Kier molecular flexibility index (Phi) is 5.79. The first-order valence-electron chi connectivity index (χ1n) is 9.14. The molecule has 1 aromatic carbocycles. The number of hydrogen-bond acceptors (Lipinski definition) is 5. The maximum Gasteiger partial charge on any atom is 0.456 e. The molecule has 2 aliphatic heterocycles. The van der Waals surface area contributed by atoms with E-state index in [0.717, 1.165) is 23.1 Å².